The van der Waals surface area contributed by atoms with E-state index in [1.807, 2.05) is 0 Å². The van der Waals surface area contributed by atoms with Gasteiger partial charge in [0.2, 0.25) is 0 Å². The fourth-order valence-electron chi connectivity index (χ4n) is 3.71. The molecule has 1 aromatic rings. The van der Waals surface area contributed by atoms with Crippen molar-refractivity contribution in [3.63, 3.8) is 0 Å². The molecule has 0 bridgehead atoms. The molecule has 3 atom stereocenters. The van der Waals surface area contributed by atoms with Gasteiger partial charge in [-0.1, -0.05) is 37.1 Å². The lowest BCUT2D eigenvalue weighted by Gasteiger charge is -2.32. The molecule has 2 nitrogen and oxygen atoms in total. The van der Waals surface area contributed by atoms with Crippen LogP contribution >= 0.6 is 0 Å². The highest BCUT2D eigenvalue weighted by Crippen LogP contribution is 2.31. The summed E-state index contributed by atoms with van der Waals surface area (Å²) in [4.78, 5) is 0. The van der Waals surface area contributed by atoms with Crippen molar-refractivity contribution in [1.29, 1.82) is 0 Å². The van der Waals surface area contributed by atoms with Gasteiger partial charge in [-0.15, -0.1) is 0 Å². The molecule has 0 aliphatic heterocycles. The van der Waals surface area contributed by atoms with E-state index < -0.39 is 0 Å². The Morgan fingerprint density at radius 3 is 2.79 bits per heavy atom. The summed E-state index contributed by atoms with van der Waals surface area (Å²) in [5.74, 6) is 0.638. The van der Waals surface area contributed by atoms with Crippen LogP contribution in [0.1, 0.15) is 55.6 Å². The number of fused-ring (bicyclic) bond motifs is 1. The highest BCUT2D eigenvalue weighted by Gasteiger charge is 2.25. The van der Waals surface area contributed by atoms with Crippen molar-refractivity contribution in [2.75, 3.05) is 6.54 Å². The van der Waals surface area contributed by atoms with Gasteiger partial charge in [0.05, 0.1) is 6.10 Å². The van der Waals surface area contributed by atoms with Crippen LogP contribution in [0.3, 0.4) is 0 Å². The van der Waals surface area contributed by atoms with Gasteiger partial charge in [0.15, 0.2) is 0 Å². The van der Waals surface area contributed by atoms with E-state index in [0.717, 1.165) is 19.4 Å². The number of aryl methyl sites for hydroxylation is 1. The van der Waals surface area contributed by atoms with Gasteiger partial charge in [-0.2, -0.15) is 0 Å². The molecule has 0 radical (unpaired) electrons. The molecule has 0 spiro atoms. The second kappa shape index (κ2) is 6.06. The minimum Gasteiger partial charge on any atom is -0.392 e. The zero-order chi connectivity index (χ0) is 13.1. The maximum atomic E-state index is 10.0. The summed E-state index contributed by atoms with van der Waals surface area (Å²) in [5.41, 5.74) is 3.07. The minimum absolute atomic E-state index is 0.132. The SMILES string of the molecule is OC1CCCCC1NCC1CCCc2ccccc21. The average molecular weight is 259 g/mol. The molecule has 3 unspecified atom stereocenters. The standard InChI is InChI=1S/C17H25NO/c19-17-11-4-3-10-16(17)18-12-14-8-5-7-13-6-1-2-9-15(13)14/h1-2,6,9,14,16-19H,3-5,7-8,10-12H2. The number of aliphatic hydroxyl groups excluding tert-OH is 1. The second-order valence-electron chi connectivity index (χ2n) is 6.15. The summed E-state index contributed by atoms with van der Waals surface area (Å²) in [6.45, 7) is 1.03. The van der Waals surface area contributed by atoms with Gasteiger partial charge in [-0.3, -0.25) is 0 Å². The van der Waals surface area contributed by atoms with Crippen LogP contribution in [0.5, 0.6) is 0 Å². The molecule has 1 saturated carbocycles. The predicted octanol–water partition coefficient (Wildman–Crippen LogP) is 3.00. The van der Waals surface area contributed by atoms with Crippen molar-refractivity contribution in [2.24, 2.45) is 0 Å². The number of benzene rings is 1. The van der Waals surface area contributed by atoms with E-state index in [0.29, 0.717) is 12.0 Å². The Balaban J connectivity index is 1.61. The first-order valence-electron chi connectivity index (χ1n) is 7.84. The molecule has 2 heteroatoms. The molecular weight excluding hydrogens is 234 g/mol. The van der Waals surface area contributed by atoms with Crippen LogP contribution in [0.2, 0.25) is 0 Å². The highest BCUT2D eigenvalue weighted by molar-refractivity contribution is 5.32. The topological polar surface area (TPSA) is 32.3 Å². The zero-order valence-electron chi connectivity index (χ0n) is 11.6. The van der Waals surface area contributed by atoms with Crippen LogP contribution < -0.4 is 5.32 Å². The third kappa shape index (κ3) is 3.01. The summed E-state index contributed by atoms with van der Waals surface area (Å²) in [5, 5.41) is 13.7. The lowest BCUT2D eigenvalue weighted by atomic mass is 9.82. The lowest BCUT2D eigenvalue weighted by molar-refractivity contribution is 0.0900. The smallest absolute Gasteiger partial charge is 0.0693 e. The molecule has 2 N–H and O–H groups in total. The van der Waals surface area contributed by atoms with Crippen LogP contribution in [0.25, 0.3) is 0 Å². The Labute approximate surface area is 116 Å². The van der Waals surface area contributed by atoms with Crippen molar-refractivity contribution in [3.8, 4) is 0 Å². The fourth-order valence-corrected chi connectivity index (χ4v) is 3.71. The number of aliphatic hydroxyl groups is 1. The van der Waals surface area contributed by atoms with E-state index in [-0.39, 0.29) is 6.10 Å². The molecule has 0 saturated heterocycles. The summed E-state index contributed by atoms with van der Waals surface area (Å²) in [6, 6.07) is 9.20. The van der Waals surface area contributed by atoms with Gasteiger partial charge in [-0.05, 0) is 49.1 Å². The summed E-state index contributed by atoms with van der Waals surface area (Å²) in [6.07, 6.45) is 8.24. The van der Waals surface area contributed by atoms with Crippen LogP contribution in [0.4, 0.5) is 0 Å². The Morgan fingerprint density at radius 2 is 1.89 bits per heavy atom. The number of rotatable bonds is 3. The molecule has 0 amide bonds. The van der Waals surface area contributed by atoms with E-state index in [1.54, 1.807) is 0 Å². The molecule has 19 heavy (non-hydrogen) atoms. The van der Waals surface area contributed by atoms with Gasteiger partial charge in [0.25, 0.3) is 0 Å². The normalized spacial score (nSPS) is 30.9. The van der Waals surface area contributed by atoms with Crippen LogP contribution in [0, 0.1) is 0 Å². The number of nitrogens with one attached hydrogen (secondary N) is 1. The molecule has 2 aliphatic rings. The molecule has 3 rings (SSSR count). The molecule has 1 aromatic carbocycles. The van der Waals surface area contributed by atoms with Gasteiger partial charge in [0, 0.05) is 12.6 Å². The maximum Gasteiger partial charge on any atom is 0.0693 e. The largest absolute Gasteiger partial charge is 0.392 e. The summed E-state index contributed by atoms with van der Waals surface area (Å²) < 4.78 is 0. The van der Waals surface area contributed by atoms with Gasteiger partial charge in [-0.25, -0.2) is 0 Å². The van der Waals surface area contributed by atoms with Crippen molar-refractivity contribution in [2.45, 2.75) is 63.0 Å². The van der Waals surface area contributed by atoms with Gasteiger partial charge in [0.1, 0.15) is 0 Å². The monoisotopic (exact) mass is 259 g/mol. The zero-order valence-corrected chi connectivity index (χ0v) is 11.6. The lowest BCUT2D eigenvalue weighted by Crippen LogP contribution is -2.43. The van der Waals surface area contributed by atoms with Gasteiger partial charge >= 0.3 is 0 Å². The van der Waals surface area contributed by atoms with Crippen molar-refractivity contribution >= 4 is 0 Å². The fraction of sp³-hybridized carbons (Fsp3) is 0.647. The van der Waals surface area contributed by atoms with Crippen LogP contribution in [-0.4, -0.2) is 23.8 Å². The van der Waals surface area contributed by atoms with E-state index in [1.165, 1.54) is 43.2 Å². The third-order valence-electron chi connectivity index (χ3n) is 4.85. The first-order valence-corrected chi connectivity index (χ1v) is 7.84. The quantitative estimate of drug-likeness (QED) is 0.874. The third-order valence-corrected chi connectivity index (χ3v) is 4.85. The molecule has 104 valence electrons. The highest BCUT2D eigenvalue weighted by atomic mass is 16.3. The van der Waals surface area contributed by atoms with E-state index in [2.05, 4.69) is 29.6 Å². The van der Waals surface area contributed by atoms with Crippen molar-refractivity contribution in [3.05, 3.63) is 35.4 Å². The van der Waals surface area contributed by atoms with E-state index in [4.69, 9.17) is 0 Å². The molecule has 1 fully saturated rings. The Hall–Kier alpha value is -0.860. The van der Waals surface area contributed by atoms with E-state index in [9.17, 15) is 5.11 Å². The second-order valence-corrected chi connectivity index (χ2v) is 6.15. The molecule has 0 heterocycles. The first-order chi connectivity index (χ1) is 9.34. The minimum atomic E-state index is -0.132. The molecular formula is C17H25NO. The van der Waals surface area contributed by atoms with Crippen LogP contribution in [-0.2, 0) is 6.42 Å². The predicted molar refractivity (Wildman–Crippen MR) is 78.4 cm³/mol. The first kappa shape index (κ1) is 13.1. The van der Waals surface area contributed by atoms with E-state index >= 15 is 0 Å². The Kier molecular flexibility index (Phi) is 4.19. The molecule has 0 aromatic heterocycles. The number of hydrogen-bond acceptors (Lipinski definition) is 2. The summed E-state index contributed by atoms with van der Waals surface area (Å²) in [7, 11) is 0. The van der Waals surface area contributed by atoms with Crippen molar-refractivity contribution < 1.29 is 5.11 Å². The van der Waals surface area contributed by atoms with Crippen LogP contribution in [0.15, 0.2) is 24.3 Å². The average Bonchev–Trinajstić information content (AvgIpc) is 2.46. The molecule has 2 aliphatic carbocycles. The maximum absolute atomic E-state index is 10.0. The van der Waals surface area contributed by atoms with Crippen molar-refractivity contribution in [1.82, 2.24) is 5.32 Å². The van der Waals surface area contributed by atoms with Gasteiger partial charge < -0.3 is 10.4 Å². The number of hydrogen-bond donors (Lipinski definition) is 2. The Bertz CT molecular complexity index is 417. The summed E-state index contributed by atoms with van der Waals surface area (Å²) >= 11 is 0. The Morgan fingerprint density at radius 1 is 1.05 bits per heavy atom.